The van der Waals surface area contributed by atoms with Crippen molar-refractivity contribution in [3.63, 3.8) is 0 Å². The summed E-state index contributed by atoms with van der Waals surface area (Å²) in [7, 11) is 1.56. The summed E-state index contributed by atoms with van der Waals surface area (Å²) < 4.78 is 18.5. The van der Waals surface area contributed by atoms with Crippen LogP contribution >= 0.6 is 11.6 Å². The van der Waals surface area contributed by atoms with Gasteiger partial charge >= 0.3 is 0 Å². The van der Waals surface area contributed by atoms with Crippen molar-refractivity contribution in [1.29, 1.82) is 0 Å². The van der Waals surface area contributed by atoms with Gasteiger partial charge in [-0.25, -0.2) is 4.68 Å². The van der Waals surface area contributed by atoms with E-state index in [1.807, 2.05) is 12.1 Å². The highest BCUT2D eigenvalue weighted by Crippen LogP contribution is 2.36. The normalized spacial score (nSPS) is 11.6. The third-order valence-electron chi connectivity index (χ3n) is 4.32. The van der Waals surface area contributed by atoms with Crippen LogP contribution in [0.25, 0.3) is 0 Å². The zero-order valence-electron chi connectivity index (χ0n) is 17.5. The van der Waals surface area contributed by atoms with E-state index >= 15 is 0 Å². The number of aromatic nitrogens is 3. The van der Waals surface area contributed by atoms with E-state index in [-0.39, 0.29) is 5.41 Å². The first-order valence-corrected chi connectivity index (χ1v) is 9.87. The molecular weight excluding hydrogens is 404 g/mol. The molecule has 1 heterocycles. The lowest BCUT2D eigenvalue weighted by molar-refractivity contribution is 0.211. The highest BCUT2D eigenvalue weighted by atomic mass is 35.5. The van der Waals surface area contributed by atoms with Crippen molar-refractivity contribution in [2.24, 2.45) is 5.10 Å². The SMILES string of the molecule is COc1cc(C=Nn2cnnc2)cc(Cl)c1OCCOc1ccc(C(C)(C)C)cc1. The maximum Gasteiger partial charge on any atom is 0.179 e. The Morgan fingerprint density at radius 3 is 2.33 bits per heavy atom. The molecule has 158 valence electrons. The lowest BCUT2D eigenvalue weighted by Gasteiger charge is -2.19. The van der Waals surface area contributed by atoms with Crippen LogP contribution in [0, 0.1) is 0 Å². The third kappa shape index (κ3) is 5.73. The van der Waals surface area contributed by atoms with Crippen LogP contribution in [0.15, 0.2) is 54.2 Å². The first kappa shape index (κ1) is 21.6. The zero-order chi connectivity index (χ0) is 21.6. The van der Waals surface area contributed by atoms with Gasteiger partial charge in [0.1, 0.15) is 31.6 Å². The van der Waals surface area contributed by atoms with Crippen molar-refractivity contribution >= 4 is 17.8 Å². The second-order valence-electron chi connectivity index (χ2n) is 7.59. The van der Waals surface area contributed by atoms with Gasteiger partial charge in [-0.15, -0.1) is 10.2 Å². The predicted molar refractivity (Wildman–Crippen MR) is 117 cm³/mol. The fourth-order valence-electron chi connectivity index (χ4n) is 2.70. The zero-order valence-corrected chi connectivity index (χ0v) is 18.3. The Balaban J connectivity index is 1.58. The molecule has 0 radical (unpaired) electrons. The van der Waals surface area contributed by atoms with E-state index in [1.54, 1.807) is 25.5 Å². The monoisotopic (exact) mass is 428 g/mol. The summed E-state index contributed by atoms with van der Waals surface area (Å²) in [5.74, 6) is 1.78. The van der Waals surface area contributed by atoms with Gasteiger partial charge in [0.05, 0.1) is 18.3 Å². The highest BCUT2D eigenvalue weighted by molar-refractivity contribution is 6.32. The van der Waals surface area contributed by atoms with E-state index in [1.165, 1.54) is 22.9 Å². The van der Waals surface area contributed by atoms with Crippen molar-refractivity contribution in [1.82, 2.24) is 14.9 Å². The molecule has 0 saturated carbocycles. The number of rotatable bonds is 8. The van der Waals surface area contributed by atoms with Crippen LogP contribution in [-0.4, -0.2) is 41.4 Å². The maximum atomic E-state index is 6.39. The van der Waals surface area contributed by atoms with Crippen LogP contribution in [0.4, 0.5) is 0 Å². The molecule has 3 aromatic rings. The molecule has 0 N–H and O–H groups in total. The van der Waals surface area contributed by atoms with Crippen molar-refractivity contribution in [3.8, 4) is 17.2 Å². The molecule has 0 aliphatic carbocycles. The minimum atomic E-state index is 0.113. The fraction of sp³-hybridized carbons (Fsp3) is 0.318. The summed E-state index contributed by atoms with van der Waals surface area (Å²) in [6, 6.07) is 11.6. The van der Waals surface area contributed by atoms with Gasteiger partial charge < -0.3 is 14.2 Å². The lowest BCUT2D eigenvalue weighted by Crippen LogP contribution is -2.12. The van der Waals surface area contributed by atoms with Crippen molar-refractivity contribution in [2.75, 3.05) is 20.3 Å². The Morgan fingerprint density at radius 2 is 1.70 bits per heavy atom. The molecule has 8 heteroatoms. The van der Waals surface area contributed by atoms with Crippen LogP contribution in [0.3, 0.4) is 0 Å². The van der Waals surface area contributed by atoms with Crippen molar-refractivity contribution in [2.45, 2.75) is 26.2 Å². The summed E-state index contributed by atoms with van der Waals surface area (Å²) in [5, 5.41) is 12.0. The average molecular weight is 429 g/mol. The van der Waals surface area contributed by atoms with E-state index in [9.17, 15) is 0 Å². The molecule has 0 unspecified atom stereocenters. The molecule has 1 aromatic heterocycles. The van der Waals surface area contributed by atoms with Crippen LogP contribution in [-0.2, 0) is 5.41 Å². The average Bonchev–Trinajstić information content (AvgIpc) is 3.23. The third-order valence-corrected chi connectivity index (χ3v) is 4.60. The standard InChI is InChI=1S/C22H25ClN4O3/c1-22(2,3)17-5-7-18(8-6-17)29-9-10-30-21-19(23)11-16(12-20(21)28-4)13-26-27-14-24-25-15-27/h5-8,11-15H,9-10H2,1-4H3. The molecule has 30 heavy (non-hydrogen) atoms. The summed E-state index contributed by atoms with van der Waals surface area (Å²) in [4.78, 5) is 0. The van der Waals surface area contributed by atoms with E-state index in [4.69, 9.17) is 25.8 Å². The molecule has 0 aliphatic heterocycles. The summed E-state index contributed by atoms with van der Waals surface area (Å²) >= 11 is 6.39. The van der Waals surface area contributed by atoms with Crippen LogP contribution in [0.1, 0.15) is 31.9 Å². The van der Waals surface area contributed by atoms with Gasteiger partial charge in [-0.2, -0.15) is 5.10 Å². The number of methoxy groups -OCH3 is 1. The molecule has 0 amide bonds. The quantitative estimate of drug-likeness (QED) is 0.388. The van der Waals surface area contributed by atoms with Gasteiger partial charge in [0, 0.05) is 0 Å². The second kappa shape index (κ2) is 9.63. The van der Waals surface area contributed by atoms with Gasteiger partial charge in [-0.1, -0.05) is 44.5 Å². The van der Waals surface area contributed by atoms with Crippen molar-refractivity contribution in [3.05, 3.63) is 65.2 Å². The molecule has 3 rings (SSSR count). The van der Waals surface area contributed by atoms with E-state index in [2.05, 4.69) is 48.2 Å². The molecule has 0 fully saturated rings. The Labute approximate surface area is 181 Å². The molecule has 2 aromatic carbocycles. The minimum absolute atomic E-state index is 0.113. The van der Waals surface area contributed by atoms with Gasteiger partial charge in [0.2, 0.25) is 0 Å². The molecule has 0 spiro atoms. The number of hydrogen-bond donors (Lipinski definition) is 0. The summed E-state index contributed by atoms with van der Waals surface area (Å²) in [6.45, 7) is 7.25. The Morgan fingerprint density at radius 1 is 1.03 bits per heavy atom. The lowest BCUT2D eigenvalue weighted by atomic mass is 9.87. The van der Waals surface area contributed by atoms with E-state index < -0.39 is 0 Å². The molecule has 0 bridgehead atoms. The molecule has 0 aliphatic rings. The van der Waals surface area contributed by atoms with E-state index in [0.717, 1.165) is 11.3 Å². The largest absolute Gasteiger partial charge is 0.493 e. The predicted octanol–water partition coefficient (Wildman–Crippen LogP) is 4.58. The fourth-order valence-corrected chi connectivity index (χ4v) is 2.97. The summed E-state index contributed by atoms with van der Waals surface area (Å²) in [5.41, 5.74) is 2.13. The highest BCUT2D eigenvalue weighted by Gasteiger charge is 2.14. The number of halogens is 1. The van der Waals surface area contributed by atoms with Gasteiger partial charge in [0.25, 0.3) is 0 Å². The van der Waals surface area contributed by atoms with Crippen molar-refractivity contribution < 1.29 is 14.2 Å². The molecular formula is C22H25ClN4O3. The smallest absolute Gasteiger partial charge is 0.179 e. The van der Waals surface area contributed by atoms with Crippen LogP contribution in [0.5, 0.6) is 17.2 Å². The van der Waals surface area contributed by atoms with Crippen LogP contribution in [0.2, 0.25) is 5.02 Å². The Kier molecular flexibility index (Phi) is 6.95. The van der Waals surface area contributed by atoms with Gasteiger partial charge in [-0.05, 0) is 40.8 Å². The Hall–Kier alpha value is -3.06. The van der Waals surface area contributed by atoms with Gasteiger partial charge in [0.15, 0.2) is 11.5 Å². The Bertz CT molecular complexity index is 981. The number of benzene rings is 2. The number of hydrogen-bond acceptors (Lipinski definition) is 6. The second-order valence-corrected chi connectivity index (χ2v) is 8.00. The minimum Gasteiger partial charge on any atom is -0.493 e. The van der Waals surface area contributed by atoms with Gasteiger partial charge in [-0.3, -0.25) is 0 Å². The van der Waals surface area contributed by atoms with Crippen LogP contribution < -0.4 is 14.2 Å². The first-order chi connectivity index (χ1) is 14.4. The molecule has 0 atom stereocenters. The molecule has 7 nitrogen and oxygen atoms in total. The molecule has 0 saturated heterocycles. The topological polar surface area (TPSA) is 70.8 Å². The number of nitrogens with zero attached hydrogens (tertiary/aromatic N) is 4. The summed E-state index contributed by atoms with van der Waals surface area (Å²) in [6.07, 6.45) is 4.61. The number of ether oxygens (including phenoxy) is 3. The van der Waals surface area contributed by atoms with E-state index in [0.29, 0.717) is 29.7 Å². The first-order valence-electron chi connectivity index (χ1n) is 9.49. The maximum absolute atomic E-state index is 6.39.